The first-order valence-electron chi connectivity index (χ1n) is 7.35. The number of nitrogens with one attached hydrogen (secondary N) is 3. The Bertz CT molecular complexity index is 985. The number of aromatic hydroxyl groups is 1. The van der Waals surface area contributed by atoms with E-state index in [1.165, 1.54) is 6.21 Å². The van der Waals surface area contributed by atoms with Crippen molar-refractivity contribution in [1.82, 2.24) is 15.6 Å². The Morgan fingerprint density at radius 2 is 2.04 bits per heavy atom. The Labute approximate surface area is 137 Å². The number of hydrogen-bond acceptors (Lipinski definition) is 4. The largest absolute Gasteiger partial charge is 0.507 e. The van der Waals surface area contributed by atoms with E-state index in [0.717, 1.165) is 10.8 Å². The van der Waals surface area contributed by atoms with Crippen LogP contribution in [0.5, 0.6) is 5.75 Å². The number of H-pyrrole nitrogens is 2. The molecule has 0 saturated heterocycles. The van der Waals surface area contributed by atoms with E-state index in [1.54, 1.807) is 13.0 Å². The number of aromatic amines is 2. The number of aromatic nitrogens is 2. The number of phenolic OH excluding ortho intramolecular Hbond substituents is 1. The molecule has 7 heteroatoms. The molecule has 0 bridgehead atoms. The van der Waals surface area contributed by atoms with Crippen molar-refractivity contribution in [3.8, 4) is 5.75 Å². The molecule has 0 aliphatic carbocycles. The standard InChI is InChI=1S/C17H16N4O3/c1-10-13(17(24)21-19-10)8-16(23)20-18-9-14-12-5-3-2-4-11(12)6-7-15(14)22/h2-7,9,22H,8H2,1H3,(H,20,23)(H2,19,21,24). The van der Waals surface area contributed by atoms with E-state index >= 15 is 0 Å². The molecular weight excluding hydrogens is 308 g/mol. The molecule has 3 rings (SSSR count). The van der Waals surface area contributed by atoms with Gasteiger partial charge in [-0.3, -0.25) is 14.7 Å². The maximum atomic E-state index is 11.9. The van der Waals surface area contributed by atoms with Crippen LogP contribution in [0, 0.1) is 6.92 Å². The molecule has 0 saturated carbocycles. The predicted octanol–water partition coefficient (Wildman–Crippen LogP) is 1.56. The fourth-order valence-corrected chi connectivity index (χ4v) is 2.47. The van der Waals surface area contributed by atoms with Gasteiger partial charge in [0, 0.05) is 16.8 Å². The number of hydrogen-bond donors (Lipinski definition) is 4. The van der Waals surface area contributed by atoms with Crippen LogP contribution in [0.15, 0.2) is 46.3 Å². The van der Waals surface area contributed by atoms with Crippen LogP contribution in [-0.4, -0.2) is 27.4 Å². The van der Waals surface area contributed by atoms with E-state index in [1.807, 2.05) is 30.3 Å². The molecule has 1 amide bonds. The van der Waals surface area contributed by atoms with Crippen LogP contribution in [0.1, 0.15) is 16.8 Å². The van der Waals surface area contributed by atoms with Crippen LogP contribution in [0.25, 0.3) is 10.8 Å². The van der Waals surface area contributed by atoms with E-state index in [4.69, 9.17) is 0 Å². The van der Waals surface area contributed by atoms with Crippen molar-refractivity contribution in [3.05, 3.63) is 63.6 Å². The molecule has 24 heavy (non-hydrogen) atoms. The highest BCUT2D eigenvalue weighted by Crippen LogP contribution is 2.25. The molecule has 122 valence electrons. The lowest BCUT2D eigenvalue weighted by atomic mass is 10.0. The molecule has 0 fully saturated rings. The van der Waals surface area contributed by atoms with Crippen molar-refractivity contribution < 1.29 is 9.90 Å². The van der Waals surface area contributed by atoms with Crippen molar-refractivity contribution in [2.75, 3.05) is 0 Å². The average Bonchev–Trinajstić information content (AvgIpc) is 2.89. The number of benzene rings is 2. The zero-order valence-corrected chi connectivity index (χ0v) is 13.0. The van der Waals surface area contributed by atoms with Crippen LogP contribution in [-0.2, 0) is 11.2 Å². The van der Waals surface area contributed by atoms with Gasteiger partial charge in [0.2, 0.25) is 5.91 Å². The number of phenols is 1. The first-order valence-corrected chi connectivity index (χ1v) is 7.35. The summed E-state index contributed by atoms with van der Waals surface area (Å²) in [5.41, 5.74) is 3.55. The molecule has 0 radical (unpaired) electrons. The van der Waals surface area contributed by atoms with Crippen molar-refractivity contribution in [2.45, 2.75) is 13.3 Å². The van der Waals surface area contributed by atoms with Gasteiger partial charge in [-0.15, -0.1) is 0 Å². The highest BCUT2D eigenvalue weighted by Gasteiger charge is 2.11. The van der Waals surface area contributed by atoms with Crippen LogP contribution in [0.2, 0.25) is 0 Å². The number of fused-ring (bicyclic) bond motifs is 1. The Morgan fingerprint density at radius 1 is 1.25 bits per heavy atom. The van der Waals surface area contributed by atoms with Gasteiger partial charge in [-0.25, -0.2) is 5.43 Å². The maximum Gasteiger partial charge on any atom is 0.267 e. The summed E-state index contributed by atoms with van der Waals surface area (Å²) in [5, 5.41) is 20.8. The molecule has 0 spiro atoms. The van der Waals surface area contributed by atoms with Gasteiger partial charge >= 0.3 is 0 Å². The quantitative estimate of drug-likeness (QED) is 0.432. The summed E-state index contributed by atoms with van der Waals surface area (Å²) in [6.45, 7) is 1.71. The average molecular weight is 324 g/mol. The van der Waals surface area contributed by atoms with Gasteiger partial charge in [0.1, 0.15) is 5.75 Å². The van der Waals surface area contributed by atoms with Gasteiger partial charge in [0.25, 0.3) is 5.56 Å². The number of carbonyl (C=O) groups is 1. The first-order chi connectivity index (χ1) is 11.6. The van der Waals surface area contributed by atoms with E-state index in [9.17, 15) is 14.7 Å². The smallest absolute Gasteiger partial charge is 0.267 e. The Hall–Kier alpha value is -3.35. The molecule has 3 aromatic rings. The van der Waals surface area contributed by atoms with E-state index in [-0.39, 0.29) is 17.7 Å². The summed E-state index contributed by atoms with van der Waals surface area (Å²) >= 11 is 0. The summed E-state index contributed by atoms with van der Waals surface area (Å²) in [7, 11) is 0. The summed E-state index contributed by atoms with van der Waals surface area (Å²) < 4.78 is 0. The van der Waals surface area contributed by atoms with Gasteiger partial charge in [-0.2, -0.15) is 5.10 Å². The van der Waals surface area contributed by atoms with Gasteiger partial charge in [0.05, 0.1) is 12.6 Å². The SMILES string of the molecule is Cc1[nH][nH]c(=O)c1CC(=O)NN=Cc1c(O)ccc2ccccc12. The minimum Gasteiger partial charge on any atom is -0.507 e. The predicted molar refractivity (Wildman–Crippen MR) is 91.2 cm³/mol. The van der Waals surface area contributed by atoms with E-state index in [0.29, 0.717) is 16.8 Å². The van der Waals surface area contributed by atoms with E-state index < -0.39 is 5.91 Å². The summed E-state index contributed by atoms with van der Waals surface area (Å²) in [6.07, 6.45) is 1.31. The molecule has 0 atom stereocenters. The molecule has 1 aromatic heterocycles. The third kappa shape index (κ3) is 3.05. The summed E-state index contributed by atoms with van der Waals surface area (Å²) in [6, 6.07) is 10.9. The highest BCUT2D eigenvalue weighted by molar-refractivity contribution is 6.02. The minimum absolute atomic E-state index is 0.0737. The minimum atomic E-state index is -0.417. The van der Waals surface area contributed by atoms with Crippen LogP contribution in [0.4, 0.5) is 0 Å². The van der Waals surface area contributed by atoms with Crippen molar-refractivity contribution in [3.63, 3.8) is 0 Å². The highest BCUT2D eigenvalue weighted by atomic mass is 16.3. The lowest BCUT2D eigenvalue weighted by Crippen LogP contribution is -2.23. The zero-order chi connectivity index (χ0) is 17.1. The van der Waals surface area contributed by atoms with Gasteiger partial charge in [0.15, 0.2) is 0 Å². The topological polar surface area (TPSA) is 110 Å². The lowest BCUT2D eigenvalue weighted by molar-refractivity contribution is -0.120. The fraction of sp³-hybridized carbons (Fsp3) is 0.118. The summed E-state index contributed by atoms with van der Waals surface area (Å²) in [4.78, 5) is 23.4. The number of nitrogens with zero attached hydrogens (tertiary/aromatic N) is 1. The molecule has 0 unspecified atom stereocenters. The van der Waals surface area contributed by atoms with E-state index in [2.05, 4.69) is 20.7 Å². The van der Waals surface area contributed by atoms with Crippen LogP contribution >= 0.6 is 0 Å². The normalized spacial score (nSPS) is 11.2. The van der Waals surface area contributed by atoms with Crippen molar-refractivity contribution in [2.24, 2.45) is 5.10 Å². The number of rotatable bonds is 4. The van der Waals surface area contributed by atoms with Gasteiger partial charge < -0.3 is 10.2 Å². The molecule has 4 N–H and O–H groups in total. The molecule has 0 aliphatic rings. The molecular formula is C17H16N4O3. The maximum absolute atomic E-state index is 11.9. The van der Waals surface area contributed by atoms with Crippen molar-refractivity contribution in [1.29, 1.82) is 0 Å². The first kappa shape index (κ1) is 15.5. The Balaban J connectivity index is 1.76. The number of carbonyl (C=O) groups excluding carboxylic acids is 1. The molecule has 2 aromatic carbocycles. The number of amides is 1. The summed E-state index contributed by atoms with van der Waals surface area (Å²) in [5.74, 6) is -0.344. The second-order valence-electron chi connectivity index (χ2n) is 5.37. The van der Waals surface area contributed by atoms with Crippen molar-refractivity contribution >= 4 is 22.9 Å². The Kier molecular flexibility index (Phi) is 4.15. The second-order valence-corrected chi connectivity index (χ2v) is 5.37. The third-order valence-electron chi connectivity index (χ3n) is 3.76. The zero-order valence-electron chi connectivity index (χ0n) is 13.0. The third-order valence-corrected chi connectivity index (χ3v) is 3.76. The molecule has 1 heterocycles. The lowest BCUT2D eigenvalue weighted by Gasteiger charge is -2.04. The molecule has 0 aliphatic heterocycles. The monoisotopic (exact) mass is 324 g/mol. The molecule has 7 nitrogen and oxygen atoms in total. The fourth-order valence-electron chi connectivity index (χ4n) is 2.47. The van der Waals surface area contributed by atoms with Gasteiger partial charge in [-0.1, -0.05) is 30.3 Å². The Morgan fingerprint density at radius 3 is 2.79 bits per heavy atom. The van der Waals surface area contributed by atoms with Gasteiger partial charge in [-0.05, 0) is 23.8 Å². The number of aryl methyl sites for hydroxylation is 1. The number of hydrazone groups is 1. The second kappa shape index (κ2) is 6.41. The van der Waals surface area contributed by atoms with Crippen LogP contribution < -0.4 is 11.0 Å². The van der Waals surface area contributed by atoms with Crippen LogP contribution in [0.3, 0.4) is 0 Å².